The van der Waals surface area contributed by atoms with Crippen molar-refractivity contribution < 1.29 is 5.11 Å². The maximum absolute atomic E-state index is 10.1. The fourth-order valence-corrected chi connectivity index (χ4v) is 2.72. The Balaban J connectivity index is 1.85. The first-order chi connectivity index (χ1) is 8.65. The van der Waals surface area contributed by atoms with Crippen LogP contribution in [0.25, 0.3) is 0 Å². The predicted octanol–water partition coefficient (Wildman–Crippen LogP) is 1.57. The first-order valence-electron chi connectivity index (χ1n) is 6.51. The summed E-state index contributed by atoms with van der Waals surface area (Å²) in [5.74, 6) is 0. The monoisotopic (exact) mass is 312 g/mol. The van der Waals surface area contributed by atoms with E-state index in [-0.39, 0.29) is 6.10 Å². The van der Waals surface area contributed by atoms with Crippen LogP contribution in [0, 0.1) is 6.92 Å². The number of benzene rings is 1. The number of aliphatic hydroxyl groups excluding tert-OH is 1. The van der Waals surface area contributed by atoms with Gasteiger partial charge in [0.2, 0.25) is 0 Å². The molecule has 1 atom stereocenters. The normalized spacial score (nSPS) is 18.8. The molecule has 1 aromatic rings. The largest absolute Gasteiger partial charge is 0.391 e. The molecule has 1 saturated heterocycles. The summed E-state index contributed by atoms with van der Waals surface area (Å²) in [6.07, 6.45) is 0.445. The summed E-state index contributed by atoms with van der Waals surface area (Å²) in [4.78, 5) is 2.32. The summed E-state index contributed by atoms with van der Waals surface area (Å²) >= 11 is 3.53. The number of rotatable bonds is 4. The van der Waals surface area contributed by atoms with Crippen LogP contribution in [0.15, 0.2) is 22.7 Å². The second kappa shape index (κ2) is 6.66. The van der Waals surface area contributed by atoms with E-state index in [1.54, 1.807) is 0 Å². The molecule has 0 spiro atoms. The molecule has 100 valence electrons. The lowest BCUT2D eigenvalue weighted by atomic mass is 10.1. The number of halogens is 1. The Bertz CT molecular complexity index is 391. The van der Waals surface area contributed by atoms with Gasteiger partial charge >= 0.3 is 0 Å². The van der Waals surface area contributed by atoms with Gasteiger partial charge in [-0.15, -0.1) is 0 Å². The minimum absolute atomic E-state index is 0.280. The van der Waals surface area contributed by atoms with Gasteiger partial charge in [0.25, 0.3) is 0 Å². The van der Waals surface area contributed by atoms with E-state index in [1.165, 1.54) is 11.1 Å². The maximum Gasteiger partial charge on any atom is 0.0707 e. The lowest BCUT2D eigenvalue weighted by Gasteiger charge is -2.29. The highest BCUT2D eigenvalue weighted by Gasteiger charge is 2.14. The predicted molar refractivity (Wildman–Crippen MR) is 77.9 cm³/mol. The molecule has 2 rings (SSSR count). The van der Waals surface area contributed by atoms with Gasteiger partial charge in [-0.2, -0.15) is 0 Å². The first kappa shape index (κ1) is 14.0. The van der Waals surface area contributed by atoms with E-state index in [2.05, 4.69) is 51.3 Å². The summed E-state index contributed by atoms with van der Waals surface area (Å²) in [6.45, 7) is 6.98. The van der Waals surface area contributed by atoms with Gasteiger partial charge in [0.05, 0.1) is 6.10 Å². The third kappa shape index (κ3) is 4.05. The van der Waals surface area contributed by atoms with Gasteiger partial charge in [0.1, 0.15) is 0 Å². The van der Waals surface area contributed by atoms with E-state index in [0.29, 0.717) is 0 Å². The number of β-amino-alcohol motifs (C(OH)–C–C–N with tert-alkyl or cyclic N) is 1. The maximum atomic E-state index is 10.1. The molecule has 18 heavy (non-hydrogen) atoms. The molecule has 0 aliphatic carbocycles. The fourth-order valence-electron chi connectivity index (χ4n) is 2.29. The lowest BCUT2D eigenvalue weighted by Crippen LogP contribution is -2.46. The number of hydrogen-bond acceptors (Lipinski definition) is 3. The fraction of sp³-hybridized carbons (Fsp3) is 0.571. The van der Waals surface area contributed by atoms with Crippen LogP contribution in [0.1, 0.15) is 11.1 Å². The number of nitrogens with zero attached hydrogens (tertiary/aromatic N) is 1. The molecule has 0 radical (unpaired) electrons. The third-order valence-electron chi connectivity index (χ3n) is 3.39. The Kier molecular flexibility index (Phi) is 5.18. The summed E-state index contributed by atoms with van der Waals surface area (Å²) in [7, 11) is 0. The molecular weight excluding hydrogens is 292 g/mol. The smallest absolute Gasteiger partial charge is 0.0707 e. The molecule has 3 nitrogen and oxygen atoms in total. The van der Waals surface area contributed by atoms with Crippen molar-refractivity contribution in [1.29, 1.82) is 0 Å². The lowest BCUT2D eigenvalue weighted by molar-refractivity contribution is 0.105. The van der Waals surface area contributed by atoms with Crippen LogP contribution < -0.4 is 5.32 Å². The second-order valence-corrected chi connectivity index (χ2v) is 5.85. The van der Waals surface area contributed by atoms with E-state index < -0.39 is 0 Å². The Labute approximate surface area is 117 Å². The van der Waals surface area contributed by atoms with Gasteiger partial charge in [-0.25, -0.2) is 0 Å². The van der Waals surface area contributed by atoms with Crippen LogP contribution in [0.2, 0.25) is 0 Å². The van der Waals surface area contributed by atoms with Crippen molar-refractivity contribution in [2.75, 3.05) is 32.7 Å². The Morgan fingerprint density at radius 2 is 2.11 bits per heavy atom. The van der Waals surface area contributed by atoms with E-state index in [0.717, 1.165) is 43.6 Å². The minimum atomic E-state index is -0.280. The molecule has 2 N–H and O–H groups in total. The average Bonchev–Trinajstić information content (AvgIpc) is 2.35. The molecule has 0 aromatic heterocycles. The number of hydrogen-bond donors (Lipinski definition) is 2. The summed E-state index contributed by atoms with van der Waals surface area (Å²) in [5.41, 5.74) is 2.42. The summed E-state index contributed by atoms with van der Waals surface area (Å²) in [5, 5.41) is 13.5. The Morgan fingerprint density at radius 3 is 2.78 bits per heavy atom. The van der Waals surface area contributed by atoms with Gasteiger partial charge in [0, 0.05) is 37.2 Å². The standard InChI is InChI=1S/C14H21BrN2O/c1-11-2-3-12(9-14(11)15)8-13(18)10-17-6-4-16-5-7-17/h2-3,9,13,16,18H,4-8,10H2,1H3. The third-order valence-corrected chi connectivity index (χ3v) is 4.24. The van der Waals surface area contributed by atoms with Gasteiger partial charge in [-0.3, -0.25) is 4.90 Å². The molecule has 4 heteroatoms. The highest BCUT2D eigenvalue weighted by molar-refractivity contribution is 9.10. The number of nitrogens with one attached hydrogen (secondary N) is 1. The second-order valence-electron chi connectivity index (χ2n) is 4.99. The van der Waals surface area contributed by atoms with Gasteiger partial charge < -0.3 is 10.4 Å². The van der Waals surface area contributed by atoms with Crippen LogP contribution in [-0.2, 0) is 6.42 Å². The van der Waals surface area contributed by atoms with Crippen molar-refractivity contribution in [1.82, 2.24) is 10.2 Å². The highest BCUT2D eigenvalue weighted by Crippen LogP contribution is 2.18. The van der Waals surface area contributed by atoms with Crippen LogP contribution in [0.5, 0.6) is 0 Å². The van der Waals surface area contributed by atoms with Crippen molar-refractivity contribution >= 4 is 15.9 Å². The van der Waals surface area contributed by atoms with E-state index in [9.17, 15) is 5.11 Å². The van der Waals surface area contributed by atoms with Crippen LogP contribution in [0.3, 0.4) is 0 Å². The molecule has 1 fully saturated rings. The zero-order chi connectivity index (χ0) is 13.0. The number of aryl methyl sites for hydroxylation is 1. The van der Waals surface area contributed by atoms with Crippen LogP contribution in [0.4, 0.5) is 0 Å². The number of aliphatic hydroxyl groups is 1. The quantitative estimate of drug-likeness (QED) is 0.886. The summed E-state index contributed by atoms with van der Waals surface area (Å²) < 4.78 is 1.12. The van der Waals surface area contributed by atoms with Gasteiger partial charge in [0.15, 0.2) is 0 Å². The molecule has 1 aliphatic heterocycles. The number of piperazine rings is 1. The topological polar surface area (TPSA) is 35.5 Å². The molecule has 0 saturated carbocycles. The molecular formula is C14H21BrN2O. The van der Waals surface area contributed by atoms with Crippen molar-refractivity contribution in [3.8, 4) is 0 Å². The first-order valence-corrected chi connectivity index (χ1v) is 7.30. The van der Waals surface area contributed by atoms with Crippen molar-refractivity contribution in [3.63, 3.8) is 0 Å². The van der Waals surface area contributed by atoms with Crippen LogP contribution >= 0.6 is 15.9 Å². The molecule has 1 aliphatic rings. The molecule has 1 unspecified atom stereocenters. The average molecular weight is 313 g/mol. The van der Waals surface area contributed by atoms with Gasteiger partial charge in [-0.1, -0.05) is 28.1 Å². The SMILES string of the molecule is Cc1ccc(CC(O)CN2CCNCC2)cc1Br. The highest BCUT2D eigenvalue weighted by atomic mass is 79.9. The molecule has 0 bridgehead atoms. The van der Waals surface area contributed by atoms with Crippen molar-refractivity contribution in [3.05, 3.63) is 33.8 Å². The molecule has 1 aromatic carbocycles. The minimum Gasteiger partial charge on any atom is -0.391 e. The van der Waals surface area contributed by atoms with Gasteiger partial charge in [-0.05, 0) is 30.5 Å². The zero-order valence-electron chi connectivity index (χ0n) is 10.8. The zero-order valence-corrected chi connectivity index (χ0v) is 12.4. The van der Waals surface area contributed by atoms with E-state index in [4.69, 9.17) is 0 Å². The molecule has 1 heterocycles. The Hall–Kier alpha value is -0.420. The molecule has 0 amide bonds. The van der Waals surface area contributed by atoms with E-state index in [1.807, 2.05) is 0 Å². The summed E-state index contributed by atoms with van der Waals surface area (Å²) in [6, 6.07) is 6.30. The van der Waals surface area contributed by atoms with Crippen molar-refractivity contribution in [2.45, 2.75) is 19.4 Å². The Morgan fingerprint density at radius 1 is 1.39 bits per heavy atom. The van der Waals surface area contributed by atoms with E-state index >= 15 is 0 Å². The van der Waals surface area contributed by atoms with Crippen molar-refractivity contribution in [2.24, 2.45) is 0 Å². The van der Waals surface area contributed by atoms with Crippen LogP contribution in [-0.4, -0.2) is 48.8 Å².